The van der Waals surface area contributed by atoms with Crippen LogP contribution in [0.5, 0.6) is 0 Å². The van der Waals surface area contributed by atoms with Crippen molar-refractivity contribution in [3.05, 3.63) is 77.7 Å². The molecule has 0 aliphatic carbocycles. The Balaban J connectivity index is 1.57. The number of hydrogen-bond donors (Lipinski definition) is 1. The topological polar surface area (TPSA) is 71.0 Å². The number of hydrogen-bond acceptors (Lipinski definition) is 5. The van der Waals surface area contributed by atoms with Gasteiger partial charge in [0.1, 0.15) is 0 Å². The Labute approximate surface area is 165 Å². The summed E-state index contributed by atoms with van der Waals surface area (Å²) >= 11 is 0. The maximum Gasteiger partial charge on any atom is 0.276 e. The highest BCUT2D eigenvalue weighted by Crippen LogP contribution is 2.17. The summed E-state index contributed by atoms with van der Waals surface area (Å²) in [5.74, 6) is 0.918. The lowest BCUT2D eigenvalue weighted by atomic mass is 10.0. The summed E-state index contributed by atoms with van der Waals surface area (Å²) in [6.45, 7) is 5.07. The van der Waals surface area contributed by atoms with E-state index in [1.54, 1.807) is 18.5 Å². The molecule has 0 fully saturated rings. The Morgan fingerprint density at radius 2 is 1.71 bits per heavy atom. The minimum atomic E-state index is -0.268. The number of nitrogens with one attached hydrogen (secondary N) is 1. The molecular weight excluding hydrogens is 350 g/mol. The second-order valence-corrected chi connectivity index (χ2v) is 7.03. The van der Waals surface area contributed by atoms with Crippen molar-refractivity contribution in [2.75, 3.05) is 23.8 Å². The Hall–Kier alpha value is -3.28. The number of aromatic nitrogens is 3. The van der Waals surface area contributed by atoms with Crippen LogP contribution in [0.3, 0.4) is 0 Å². The van der Waals surface area contributed by atoms with Gasteiger partial charge >= 0.3 is 0 Å². The summed E-state index contributed by atoms with van der Waals surface area (Å²) in [4.78, 5) is 18.4. The highest BCUT2D eigenvalue weighted by atomic mass is 16.1. The molecule has 3 aromatic rings. The van der Waals surface area contributed by atoms with E-state index in [0.29, 0.717) is 11.6 Å². The van der Waals surface area contributed by atoms with Crippen molar-refractivity contribution < 1.29 is 4.79 Å². The molecule has 144 valence electrons. The van der Waals surface area contributed by atoms with Gasteiger partial charge in [-0.2, -0.15) is 0 Å². The first-order valence-electron chi connectivity index (χ1n) is 9.38. The highest BCUT2D eigenvalue weighted by molar-refractivity contribution is 6.02. The molecule has 6 nitrogen and oxygen atoms in total. The van der Waals surface area contributed by atoms with Gasteiger partial charge in [0, 0.05) is 31.7 Å². The maximum atomic E-state index is 12.4. The largest absolute Gasteiger partial charge is 0.358 e. The van der Waals surface area contributed by atoms with Gasteiger partial charge in [-0.05, 0) is 59.9 Å². The van der Waals surface area contributed by atoms with E-state index >= 15 is 0 Å². The number of rotatable bonds is 7. The molecule has 0 saturated heterocycles. The summed E-state index contributed by atoms with van der Waals surface area (Å²) in [5.41, 5.74) is 3.49. The van der Waals surface area contributed by atoms with E-state index in [2.05, 4.69) is 34.3 Å². The molecule has 2 heterocycles. The van der Waals surface area contributed by atoms with Crippen LogP contribution >= 0.6 is 0 Å². The summed E-state index contributed by atoms with van der Waals surface area (Å²) < 4.78 is 0. The van der Waals surface area contributed by atoms with Crippen LogP contribution < -0.4 is 10.2 Å². The van der Waals surface area contributed by atoms with Crippen LogP contribution in [0.2, 0.25) is 0 Å². The van der Waals surface area contributed by atoms with Crippen LogP contribution in [0.4, 0.5) is 11.5 Å². The van der Waals surface area contributed by atoms with E-state index in [1.165, 1.54) is 11.1 Å². The molecule has 3 rings (SSSR count). The standard InChI is InChI=1S/C22H25N5O/c1-16(2)18-4-6-19(7-5-18)24-22(28)20-8-9-21(26-25-20)27(3)15-12-17-10-13-23-14-11-17/h4-11,13-14,16H,12,15H2,1-3H3,(H,24,28). The van der Waals surface area contributed by atoms with Crippen LogP contribution in [0.1, 0.15) is 41.4 Å². The average molecular weight is 375 g/mol. The normalized spacial score (nSPS) is 10.7. The number of pyridine rings is 1. The van der Waals surface area contributed by atoms with Gasteiger partial charge in [-0.25, -0.2) is 0 Å². The first-order chi connectivity index (χ1) is 13.5. The zero-order valence-electron chi connectivity index (χ0n) is 16.5. The van der Waals surface area contributed by atoms with E-state index < -0.39 is 0 Å². The number of anilines is 2. The highest BCUT2D eigenvalue weighted by Gasteiger charge is 2.11. The molecule has 0 spiro atoms. The smallest absolute Gasteiger partial charge is 0.276 e. The molecule has 0 atom stereocenters. The summed E-state index contributed by atoms with van der Waals surface area (Å²) in [6.07, 6.45) is 4.47. The molecular formula is C22H25N5O. The van der Waals surface area contributed by atoms with Crippen molar-refractivity contribution in [2.45, 2.75) is 26.2 Å². The number of carbonyl (C=O) groups is 1. The van der Waals surface area contributed by atoms with Crippen molar-refractivity contribution >= 4 is 17.4 Å². The molecule has 0 radical (unpaired) electrons. The Bertz CT molecular complexity index is 892. The van der Waals surface area contributed by atoms with Crippen molar-refractivity contribution in [3.63, 3.8) is 0 Å². The quantitative estimate of drug-likeness (QED) is 0.678. The van der Waals surface area contributed by atoms with Gasteiger partial charge in [0.2, 0.25) is 0 Å². The lowest BCUT2D eigenvalue weighted by Crippen LogP contribution is -2.22. The molecule has 6 heteroatoms. The van der Waals surface area contributed by atoms with Gasteiger partial charge in [-0.15, -0.1) is 10.2 Å². The minimum absolute atomic E-state index is 0.268. The van der Waals surface area contributed by atoms with E-state index in [9.17, 15) is 4.79 Å². The van der Waals surface area contributed by atoms with Crippen LogP contribution in [0.25, 0.3) is 0 Å². The molecule has 0 aliphatic heterocycles. The van der Waals surface area contributed by atoms with E-state index in [0.717, 1.165) is 24.5 Å². The van der Waals surface area contributed by atoms with Crippen LogP contribution in [0, 0.1) is 0 Å². The second kappa shape index (κ2) is 9.08. The Morgan fingerprint density at radius 3 is 2.32 bits per heavy atom. The van der Waals surface area contributed by atoms with Crippen LogP contribution in [0.15, 0.2) is 60.9 Å². The molecule has 0 unspecified atom stereocenters. The van der Waals surface area contributed by atoms with Gasteiger partial charge in [0.15, 0.2) is 11.5 Å². The molecule has 2 aromatic heterocycles. The van der Waals surface area contributed by atoms with Crippen molar-refractivity contribution in [2.24, 2.45) is 0 Å². The third-order valence-electron chi connectivity index (χ3n) is 4.59. The predicted octanol–water partition coefficient (Wildman–Crippen LogP) is 3.93. The lowest BCUT2D eigenvalue weighted by Gasteiger charge is -2.17. The monoisotopic (exact) mass is 375 g/mol. The van der Waals surface area contributed by atoms with Gasteiger partial charge in [0.05, 0.1) is 0 Å². The molecule has 0 bridgehead atoms. The third kappa shape index (κ3) is 5.13. The Kier molecular flexibility index (Phi) is 6.32. The maximum absolute atomic E-state index is 12.4. The van der Waals surface area contributed by atoms with E-state index in [4.69, 9.17) is 0 Å². The third-order valence-corrected chi connectivity index (χ3v) is 4.59. The van der Waals surface area contributed by atoms with Crippen molar-refractivity contribution in [1.29, 1.82) is 0 Å². The molecule has 1 N–H and O–H groups in total. The second-order valence-electron chi connectivity index (χ2n) is 7.03. The molecule has 28 heavy (non-hydrogen) atoms. The predicted molar refractivity (Wildman–Crippen MR) is 112 cm³/mol. The fourth-order valence-electron chi connectivity index (χ4n) is 2.76. The SMILES string of the molecule is CC(C)c1ccc(NC(=O)c2ccc(N(C)CCc3ccncc3)nn2)cc1. The fourth-order valence-corrected chi connectivity index (χ4v) is 2.76. The van der Waals surface area contributed by atoms with Gasteiger partial charge in [-0.1, -0.05) is 26.0 Å². The van der Waals surface area contributed by atoms with Crippen molar-refractivity contribution in [3.8, 4) is 0 Å². The molecule has 1 aromatic carbocycles. The number of carbonyl (C=O) groups excluding carboxylic acids is 1. The van der Waals surface area contributed by atoms with Gasteiger partial charge in [-0.3, -0.25) is 9.78 Å². The molecule has 0 aliphatic rings. The van der Waals surface area contributed by atoms with Gasteiger partial charge < -0.3 is 10.2 Å². The molecule has 1 amide bonds. The number of likely N-dealkylation sites (N-methyl/N-ethyl adjacent to an activating group) is 1. The number of nitrogens with zero attached hydrogens (tertiary/aromatic N) is 4. The first kappa shape index (κ1) is 19.5. The summed E-state index contributed by atoms with van der Waals surface area (Å²) in [7, 11) is 1.96. The van der Waals surface area contributed by atoms with Crippen LogP contribution in [-0.2, 0) is 6.42 Å². The zero-order valence-corrected chi connectivity index (χ0v) is 16.5. The van der Waals surface area contributed by atoms with E-state index in [-0.39, 0.29) is 5.91 Å². The van der Waals surface area contributed by atoms with E-state index in [1.807, 2.05) is 54.4 Å². The number of amides is 1. The minimum Gasteiger partial charge on any atom is -0.358 e. The van der Waals surface area contributed by atoms with Gasteiger partial charge in [0.25, 0.3) is 5.91 Å². The summed E-state index contributed by atoms with van der Waals surface area (Å²) in [6, 6.07) is 15.4. The first-order valence-corrected chi connectivity index (χ1v) is 9.38. The number of benzene rings is 1. The lowest BCUT2D eigenvalue weighted by molar-refractivity contribution is 0.102. The molecule has 0 saturated carbocycles. The zero-order chi connectivity index (χ0) is 19.9. The summed E-state index contributed by atoms with van der Waals surface area (Å²) in [5, 5.41) is 11.1. The van der Waals surface area contributed by atoms with Crippen molar-refractivity contribution in [1.82, 2.24) is 15.2 Å². The Morgan fingerprint density at radius 1 is 1.00 bits per heavy atom. The average Bonchev–Trinajstić information content (AvgIpc) is 2.73. The van der Waals surface area contributed by atoms with Crippen LogP contribution in [-0.4, -0.2) is 34.7 Å². The fraction of sp³-hybridized carbons (Fsp3) is 0.273.